The van der Waals surface area contributed by atoms with E-state index in [4.69, 9.17) is 13.6 Å². The summed E-state index contributed by atoms with van der Waals surface area (Å²) in [6.07, 6.45) is 0.0104. The van der Waals surface area contributed by atoms with Crippen molar-refractivity contribution in [1.29, 1.82) is 0 Å². The summed E-state index contributed by atoms with van der Waals surface area (Å²) < 4.78 is 20.7. The summed E-state index contributed by atoms with van der Waals surface area (Å²) in [6.45, 7) is 15.6. The Balaban J connectivity index is 1.88. The number of hydrogen-bond acceptors (Lipinski definition) is 5. The molecule has 0 aliphatic carbocycles. The quantitative estimate of drug-likeness (QED) is 0.113. The van der Waals surface area contributed by atoms with E-state index in [2.05, 4.69) is 139 Å². The highest BCUT2D eigenvalue weighted by Crippen LogP contribution is 2.41. The van der Waals surface area contributed by atoms with Gasteiger partial charge in [0.1, 0.15) is 0 Å². The maximum Gasteiger partial charge on any atom is 0.308 e. The molecule has 0 unspecified atom stereocenters. The maximum absolute atomic E-state index is 13.3. The van der Waals surface area contributed by atoms with E-state index < -0.39 is 22.7 Å². The largest absolute Gasteiger partial charge is 0.466 e. The van der Waals surface area contributed by atoms with E-state index in [1.54, 1.807) is 0 Å². The predicted octanol–water partition coefficient (Wildman–Crippen LogP) is 6.60. The summed E-state index contributed by atoms with van der Waals surface area (Å²) in [6, 6.07) is 42.0. The van der Waals surface area contributed by atoms with E-state index in [1.165, 1.54) is 10.4 Å². The van der Waals surface area contributed by atoms with Crippen molar-refractivity contribution >= 4 is 43.4 Å². The lowest BCUT2D eigenvalue weighted by Crippen LogP contribution is -2.69. The molecule has 5 nitrogen and oxygen atoms in total. The van der Waals surface area contributed by atoms with Crippen molar-refractivity contribution in [2.45, 2.75) is 90.0 Å². The molecule has 0 aliphatic rings. The van der Waals surface area contributed by atoms with E-state index in [-0.39, 0.29) is 35.2 Å². The van der Waals surface area contributed by atoms with Gasteiger partial charge in [0.25, 0.3) is 16.6 Å². The Morgan fingerprint density at radius 1 is 0.604 bits per heavy atom. The normalized spacial score (nSPS) is 13.9. The lowest BCUT2D eigenvalue weighted by atomic mass is 10.1. The van der Waals surface area contributed by atoms with Crippen LogP contribution in [0.5, 0.6) is 0 Å². The number of ether oxygens (including phenoxy) is 1. The molecule has 4 aromatic rings. The van der Waals surface area contributed by atoms with E-state index in [0.29, 0.717) is 19.4 Å². The molecule has 0 spiro atoms. The average Bonchev–Trinajstić information content (AvgIpc) is 3.06. The molecule has 7 heteroatoms. The average molecular weight is 683 g/mol. The third kappa shape index (κ3) is 8.26. The van der Waals surface area contributed by atoms with Crippen LogP contribution in [0.3, 0.4) is 0 Å². The first-order valence-electron chi connectivity index (χ1n) is 17.2. The first-order valence-corrected chi connectivity index (χ1v) is 21.0. The molecule has 48 heavy (non-hydrogen) atoms. The van der Waals surface area contributed by atoms with Crippen molar-refractivity contribution in [3.8, 4) is 0 Å². The fourth-order valence-electron chi connectivity index (χ4n) is 7.12. The molecule has 0 saturated heterocycles. The van der Waals surface area contributed by atoms with Crippen molar-refractivity contribution in [3.63, 3.8) is 0 Å². The molecule has 0 radical (unpaired) electrons. The molecule has 4 aromatic carbocycles. The number of esters is 1. The molecule has 0 amide bonds. The zero-order chi connectivity index (χ0) is 34.8. The van der Waals surface area contributed by atoms with Gasteiger partial charge in [-0.1, -0.05) is 163 Å². The molecular weight excluding hydrogens is 629 g/mol. The van der Waals surface area contributed by atoms with Crippen LogP contribution in [0, 0.1) is 0 Å². The summed E-state index contributed by atoms with van der Waals surface area (Å²) in [4.78, 5) is 13.3. The first kappa shape index (κ1) is 37.5. The van der Waals surface area contributed by atoms with Gasteiger partial charge < -0.3 is 18.7 Å². The number of aliphatic hydroxyl groups is 1. The third-order valence-electron chi connectivity index (χ3n) is 9.20. The summed E-state index contributed by atoms with van der Waals surface area (Å²) in [5.41, 5.74) is 0. The predicted molar refractivity (Wildman–Crippen MR) is 203 cm³/mol. The molecule has 0 aromatic heterocycles. The van der Waals surface area contributed by atoms with Crippen LogP contribution >= 0.6 is 0 Å². The second-order valence-electron chi connectivity index (χ2n) is 14.6. The van der Waals surface area contributed by atoms with Gasteiger partial charge in [0.2, 0.25) is 0 Å². The highest BCUT2D eigenvalue weighted by Gasteiger charge is 2.54. The van der Waals surface area contributed by atoms with Crippen molar-refractivity contribution < 1.29 is 23.5 Å². The number of carbonyl (C=O) groups is 1. The van der Waals surface area contributed by atoms with Crippen LogP contribution in [-0.4, -0.2) is 53.1 Å². The Hall–Kier alpha value is -3.34. The van der Waals surface area contributed by atoms with E-state index >= 15 is 0 Å². The fraction of sp³-hybridized carbons (Fsp3) is 0.390. The molecule has 2 atom stereocenters. The van der Waals surface area contributed by atoms with Crippen LogP contribution in [0.25, 0.3) is 0 Å². The van der Waals surface area contributed by atoms with E-state index in [1.807, 2.05) is 31.2 Å². The van der Waals surface area contributed by atoms with Gasteiger partial charge in [0.05, 0.1) is 25.2 Å². The highest BCUT2D eigenvalue weighted by molar-refractivity contribution is 7.00. The zero-order valence-electron chi connectivity index (χ0n) is 29.8. The molecule has 1 N–H and O–H groups in total. The monoisotopic (exact) mass is 682 g/mol. The second-order valence-corrected chi connectivity index (χ2v) is 23.1. The SMILES string of the molecule is CCOC(=O)C[C@@H](C[C@@H](CCO)O[Si](c1ccccc1)(c1ccccc1)C(C)(C)C)O[Si](c1ccccc1)(c1ccccc1)C(C)(C)C. The second kappa shape index (κ2) is 16.4. The van der Waals surface area contributed by atoms with Gasteiger partial charge in [-0.3, -0.25) is 4.79 Å². The van der Waals surface area contributed by atoms with Crippen LogP contribution in [0.2, 0.25) is 10.1 Å². The number of hydrogen-bond donors (Lipinski definition) is 1. The standard InChI is InChI=1S/C41H54O5Si2/c1-8-44-39(43)32-34(46-48(41(5,6)7,37-25-17-11-18-26-37)38-27-19-12-20-28-38)31-33(29-30-42)45-47(40(2,3)4,35-21-13-9-14-22-35)36-23-15-10-16-24-36/h9-28,33-34,42H,8,29-32H2,1-7H3/t33-,34-/m1/s1. The molecule has 0 bridgehead atoms. The summed E-state index contributed by atoms with van der Waals surface area (Å²) >= 11 is 0. The van der Waals surface area contributed by atoms with Gasteiger partial charge in [-0.05, 0) is 50.6 Å². The minimum atomic E-state index is -3.03. The molecular formula is C41H54O5Si2. The molecule has 0 saturated carbocycles. The van der Waals surface area contributed by atoms with Gasteiger partial charge in [0, 0.05) is 6.61 Å². The zero-order valence-corrected chi connectivity index (χ0v) is 31.8. The van der Waals surface area contributed by atoms with Crippen molar-refractivity contribution in [3.05, 3.63) is 121 Å². The first-order chi connectivity index (χ1) is 22.9. The van der Waals surface area contributed by atoms with Gasteiger partial charge in [-0.2, -0.15) is 0 Å². The van der Waals surface area contributed by atoms with Crippen LogP contribution < -0.4 is 20.7 Å². The van der Waals surface area contributed by atoms with Crippen molar-refractivity contribution in [2.75, 3.05) is 13.2 Å². The Morgan fingerprint density at radius 3 is 1.23 bits per heavy atom. The highest BCUT2D eigenvalue weighted by atomic mass is 28.4. The van der Waals surface area contributed by atoms with Crippen LogP contribution in [-0.2, 0) is 18.4 Å². The van der Waals surface area contributed by atoms with E-state index in [0.717, 1.165) is 10.4 Å². The molecule has 256 valence electrons. The Labute approximate surface area is 290 Å². The summed E-state index contributed by atoms with van der Waals surface area (Å²) in [7, 11) is -6.00. The number of rotatable bonds is 15. The van der Waals surface area contributed by atoms with Crippen molar-refractivity contribution in [1.82, 2.24) is 0 Å². The van der Waals surface area contributed by atoms with Crippen LogP contribution in [0.1, 0.15) is 67.7 Å². The number of carbonyl (C=O) groups excluding carboxylic acids is 1. The molecule has 0 aliphatic heterocycles. The van der Waals surface area contributed by atoms with Gasteiger partial charge in [-0.25, -0.2) is 0 Å². The molecule has 4 rings (SSSR count). The summed E-state index contributed by atoms with van der Waals surface area (Å²) in [5, 5.41) is 14.6. The Kier molecular flexibility index (Phi) is 12.8. The number of aliphatic hydroxyl groups excluding tert-OH is 1. The lowest BCUT2D eigenvalue weighted by molar-refractivity contribution is -0.145. The minimum Gasteiger partial charge on any atom is -0.466 e. The van der Waals surface area contributed by atoms with Crippen molar-refractivity contribution in [2.24, 2.45) is 0 Å². The fourth-order valence-corrected chi connectivity index (χ4v) is 16.5. The molecule has 0 fully saturated rings. The third-order valence-corrected chi connectivity index (χ3v) is 19.4. The topological polar surface area (TPSA) is 65.0 Å². The minimum absolute atomic E-state index is 0.0474. The molecule has 0 heterocycles. The smallest absolute Gasteiger partial charge is 0.308 e. The van der Waals surface area contributed by atoms with Gasteiger partial charge in [0.15, 0.2) is 0 Å². The number of benzene rings is 4. The Morgan fingerprint density at radius 2 is 0.938 bits per heavy atom. The van der Waals surface area contributed by atoms with Gasteiger partial charge >= 0.3 is 5.97 Å². The van der Waals surface area contributed by atoms with Crippen LogP contribution in [0.15, 0.2) is 121 Å². The summed E-state index contributed by atoms with van der Waals surface area (Å²) in [5.74, 6) is -0.298. The maximum atomic E-state index is 13.3. The van der Waals surface area contributed by atoms with Gasteiger partial charge in [-0.15, -0.1) is 0 Å². The van der Waals surface area contributed by atoms with Crippen LogP contribution in [0.4, 0.5) is 0 Å². The lowest BCUT2D eigenvalue weighted by Gasteiger charge is -2.47. The Bertz CT molecular complexity index is 1460. The van der Waals surface area contributed by atoms with E-state index in [9.17, 15) is 9.90 Å².